The first-order chi connectivity index (χ1) is 24.2. The van der Waals surface area contributed by atoms with Crippen molar-refractivity contribution in [3.8, 4) is 0 Å². The van der Waals surface area contributed by atoms with Crippen molar-refractivity contribution in [2.45, 2.75) is 64.3 Å². The number of anilines is 1. The molecular formula is C39H42ClN5O6. The van der Waals surface area contributed by atoms with Crippen LogP contribution in [0.15, 0.2) is 91.0 Å². The Kier molecular flexibility index (Phi) is 11.3. The summed E-state index contributed by atoms with van der Waals surface area (Å²) in [5.41, 5.74) is 7.15. The zero-order valence-electron chi connectivity index (χ0n) is 29.0. The van der Waals surface area contributed by atoms with Gasteiger partial charge in [-0.25, -0.2) is 4.79 Å². The minimum Gasteiger partial charge on any atom is -0.444 e. The topological polar surface area (TPSA) is 151 Å². The number of benzene rings is 4. The van der Waals surface area contributed by atoms with Crippen LogP contribution in [0.5, 0.6) is 0 Å². The number of amides is 5. The van der Waals surface area contributed by atoms with Gasteiger partial charge in [-0.3, -0.25) is 24.5 Å². The van der Waals surface area contributed by atoms with Crippen LogP contribution in [0.4, 0.5) is 10.5 Å². The Bertz CT molecular complexity index is 1950. The van der Waals surface area contributed by atoms with Gasteiger partial charge in [-0.15, -0.1) is 0 Å². The smallest absolute Gasteiger partial charge is 0.412 e. The largest absolute Gasteiger partial charge is 0.444 e. The monoisotopic (exact) mass is 711 g/mol. The lowest BCUT2D eigenvalue weighted by Gasteiger charge is -2.36. The number of nitrogens with two attached hydrogens (primary N) is 1. The second-order valence-electron chi connectivity index (χ2n) is 13.6. The third kappa shape index (κ3) is 9.04. The van der Waals surface area contributed by atoms with Crippen LogP contribution >= 0.6 is 11.6 Å². The molecule has 0 radical (unpaired) electrons. The molecule has 1 saturated heterocycles. The van der Waals surface area contributed by atoms with E-state index < -0.39 is 60.0 Å². The fourth-order valence-electron chi connectivity index (χ4n) is 6.34. The molecule has 4 aromatic carbocycles. The van der Waals surface area contributed by atoms with E-state index in [0.29, 0.717) is 22.7 Å². The minimum atomic E-state index is -1.15. The average molecular weight is 712 g/mol. The van der Waals surface area contributed by atoms with E-state index in [2.05, 4.69) is 10.6 Å². The highest BCUT2D eigenvalue weighted by molar-refractivity contribution is 6.30. The fraction of sp³-hybridized carbons (Fsp3) is 0.308. The molecule has 11 nitrogen and oxygen atoms in total. The summed E-state index contributed by atoms with van der Waals surface area (Å²) in [6.45, 7) is 6.79. The summed E-state index contributed by atoms with van der Waals surface area (Å²) in [5, 5.41) is 7.57. The predicted octanol–water partition coefficient (Wildman–Crippen LogP) is 5.86. The molecule has 0 saturated carbocycles. The van der Waals surface area contributed by atoms with E-state index in [4.69, 9.17) is 22.1 Å². The van der Waals surface area contributed by atoms with Crippen molar-refractivity contribution in [2.75, 3.05) is 18.4 Å². The van der Waals surface area contributed by atoms with Crippen LogP contribution < -0.4 is 16.4 Å². The van der Waals surface area contributed by atoms with Crippen LogP contribution in [0.25, 0.3) is 10.8 Å². The zero-order valence-corrected chi connectivity index (χ0v) is 29.8. The number of carbonyl (C=O) groups is 5. The van der Waals surface area contributed by atoms with Crippen LogP contribution in [-0.4, -0.2) is 70.3 Å². The highest BCUT2D eigenvalue weighted by Gasteiger charge is 2.43. The molecule has 0 aliphatic carbocycles. The summed E-state index contributed by atoms with van der Waals surface area (Å²) in [4.78, 5) is 70.2. The number of ether oxygens (including phenoxy) is 1. The van der Waals surface area contributed by atoms with E-state index in [9.17, 15) is 24.0 Å². The Morgan fingerprint density at radius 1 is 0.961 bits per heavy atom. The van der Waals surface area contributed by atoms with Crippen LogP contribution in [0.2, 0.25) is 5.02 Å². The third-order valence-electron chi connectivity index (χ3n) is 8.68. The van der Waals surface area contributed by atoms with E-state index in [1.165, 1.54) is 15.9 Å². The molecule has 0 unspecified atom stereocenters. The van der Waals surface area contributed by atoms with Gasteiger partial charge in [0.2, 0.25) is 11.8 Å². The molecule has 4 N–H and O–H groups in total. The summed E-state index contributed by atoms with van der Waals surface area (Å²) in [7, 11) is 0. The van der Waals surface area contributed by atoms with Gasteiger partial charge in [0.1, 0.15) is 17.7 Å². The molecule has 1 aliphatic rings. The highest BCUT2D eigenvalue weighted by Crippen LogP contribution is 2.33. The number of nitrogens with one attached hydrogen (secondary N) is 2. The molecule has 5 amide bonds. The van der Waals surface area contributed by atoms with E-state index in [0.717, 1.165) is 16.3 Å². The van der Waals surface area contributed by atoms with Gasteiger partial charge in [0.15, 0.2) is 0 Å². The average Bonchev–Trinajstić information content (AvgIpc) is 3.20. The summed E-state index contributed by atoms with van der Waals surface area (Å²) in [6.07, 6.45) is -0.141. The molecule has 1 aliphatic heterocycles. The maximum atomic E-state index is 14.6. The van der Waals surface area contributed by atoms with Crippen LogP contribution in [0, 0.1) is 0 Å². The molecule has 12 heteroatoms. The van der Waals surface area contributed by atoms with Crippen LogP contribution in [-0.2, 0) is 25.5 Å². The number of rotatable bonds is 9. The number of halogens is 1. The number of hydrogen-bond donors (Lipinski definition) is 3. The van der Waals surface area contributed by atoms with Crippen molar-refractivity contribution in [3.05, 3.63) is 113 Å². The second-order valence-corrected chi connectivity index (χ2v) is 14.0. The van der Waals surface area contributed by atoms with Crippen LogP contribution in [0.1, 0.15) is 61.6 Å². The molecule has 0 spiro atoms. The van der Waals surface area contributed by atoms with Gasteiger partial charge in [0.05, 0.1) is 6.54 Å². The van der Waals surface area contributed by atoms with Crippen molar-refractivity contribution in [3.63, 3.8) is 0 Å². The Hall–Kier alpha value is -5.42. The molecule has 266 valence electrons. The Morgan fingerprint density at radius 2 is 1.67 bits per heavy atom. The van der Waals surface area contributed by atoms with Gasteiger partial charge in [0, 0.05) is 35.3 Å². The number of hydrogen-bond acceptors (Lipinski definition) is 6. The zero-order chi connectivity index (χ0) is 36.9. The molecule has 51 heavy (non-hydrogen) atoms. The molecule has 1 fully saturated rings. The minimum absolute atomic E-state index is 0.170. The first kappa shape index (κ1) is 36.9. The van der Waals surface area contributed by atoms with Crippen molar-refractivity contribution in [1.82, 2.24) is 15.1 Å². The molecule has 3 atom stereocenters. The van der Waals surface area contributed by atoms with Crippen molar-refractivity contribution in [1.29, 1.82) is 0 Å². The summed E-state index contributed by atoms with van der Waals surface area (Å²) >= 11 is 6.38. The molecule has 0 bridgehead atoms. The molecular weight excluding hydrogens is 670 g/mol. The van der Waals surface area contributed by atoms with E-state index in [-0.39, 0.29) is 18.5 Å². The van der Waals surface area contributed by atoms with E-state index >= 15 is 0 Å². The quantitative estimate of drug-likeness (QED) is 0.198. The van der Waals surface area contributed by atoms with Gasteiger partial charge in [-0.1, -0.05) is 72.3 Å². The Balaban J connectivity index is 1.39. The first-order valence-corrected chi connectivity index (χ1v) is 17.1. The lowest BCUT2D eigenvalue weighted by molar-refractivity contribution is -0.148. The third-order valence-corrected chi connectivity index (χ3v) is 8.91. The first-order valence-electron chi connectivity index (χ1n) is 16.7. The number of carbonyl (C=O) groups excluding carboxylic acids is 5. The maximum Gasteiger partial charge on any atom is 0.412 e. The predicted molar refractivity (Wildman–Crippen MR) is 196 cm³/mol. The molecule has 4 aromatic rings. The highest BCUT2D eigenvalue weighted by atomic mass is 35.5. The number of nitrogens with zero attached hydrogens (tertiary/aromatic N) is 2. The van der Waals surface area contributed by atoms with Gasteiger partial charge in [0.25, 0.3) is 11.8 Å². The number of fused-ring (bicyclic) bond motifs is 1. The summed E-state index contributed by atoms with van der Waals surface area (Å²) in [5.74, 6) is -2.21. The van der Waals surface area contributed by atoms with Gasteiger partial charge in [-0.05, 0) is 86.3 Å². The van der Waals surface area contributed by atoms with Gasteiger partial charge < -0.3 is 25.6 Å². The van der Waals surface area contributed by atoms with Crippen LogP contribution in [0.3, 0.4) is 0 Å². The normalized spacial score (nSPS) is 17.0. The molecule has 5 rings (SSSR count). The second kappa shape index (κ2) is 15.6. The van der Waals surface area contributed by atoms with Gasteiger partial charge in [-0.2, -0.15) is 0 Å². The summed E-state index contributed by atoms with van der Waals surface area (Å²) in [6, 6.07) is 23.9. The maximum absolute atomic E-state index is 14.6. The lowest BCUT2D eigenvalue weighted by Crippen LogP contribution is -2.53. The van der Waals surface area contributed by atoms with Crippen molar-refractivity contribution >= 4 is 57.8 Å². The standard InChI is InChI=1S/C39H42ClN5O6/c1-24-18-19-44(32(35(41)47)22-26-12-7-11-25-10-5-6-17-31(25)26)37(49)34(27-13-8-15-29(40)20-27)45(24)33(46)23-42-36(48)28-14-9-16-30(21-28)43-38(50)51-39(2,3)4/h5-17,20-21,24,32,34H,18-19,22-23H2,1-4H3,(H2,41,47)(H,42,48)(H,43,50)/t24-,32-,34+/m1/s1. The SMILES string of the molecule is C[C@@H]1CCN([C@H](Cc2cccc3ccccc23)C(N)=O)C(=O)[C@H](c2cccc(Cl)c2)N1C(=O)CNC(=O)c1cccc(NC(=O)OC(C)(C)C)c1. The molecule has 1 heterocycles. The fourth-order valence-corrected chi connectivity index (χ4v) is 6.54. The Labute approximate surface area is 302 Å². The van der Waals surface area contributed by atoms with Crippen molar-refractivity contribution < 1.29 is 28.7 Å². The van der Waals surface area contributed by atoms with E-state index in [1.54, 1.807) is 63.2 Å². The summed E-state index contributed by atoms with van der Waals surface area (Å²) < 4.78 is 5.29. The lowest BCUT2D eigenvalue weighted by atomic mass is 9.96. The number of primary amides is 1. The molecule has 0 aromatic heterocycles. The van der Waals surface area contributed by atoms with E-state index in [1.807, 2.05) is 49.4 Å². The Morgan fingerprint density at radius 3 is 2.39 bits per heavy atom. The van der Waals surface area contributed by atoms with Crippen molar-refractivity contribution in [2.24, 2.45) is 5.73 Å². The van der Waals surface area contributed by atoms with Gasteiger partial charge >= 0.3 is 6.09 Å².